The molecule has 0 aromatic heterocycles. The molecule has 0 aliphatic heterocycles. The molecule has 2 heteroatoms. The van der Waals surface area contributed by atoms with E-state index >= 15 is 0 Å². The van der Waals surface area contributed by atoms with Gasteiger partial charge < -0.3 is 4.74 Å². The third-order valence-electron chi connectivity index (χ3n) is 2.37. The van der Waals surface area contributed by atoms with E-state index in [0.29, 0.717) is 11.3 Å². The zero-order valence-corrected chi connectivity index (χ0v) is 9.01. The topological polar surface area (TPSA) is 26.3 Å². The Kier molecular flexibility index (Phi) is 3.01. The first-order valence-electron chi connectivity index (χ1n) is 5.09. The van der Waals surface area contributed by atoms with E-state index in [2.05, 4.69) is 0 Å². The van der Waals surface area contributed by atoms with Gasteiger partial charge in [-0.3, -0.25) is 4.79 Å². The zero-order chi connectivity index (χ0) is 11.4. The van der Waals surface area contributed by atoms with Crippen LogP contribution in [-0.2, 0) is 0 Å². The summed E-state index contributed by atoms with van der Waals surface area (Å²) >= 11 is 0. The van der Waals surface area contributed by atoms with Gasteiger partial charge in [0.2, 0.25) is 0 Å². The molecule has 0 atom stereocenters. The predicted octanol–water partition coefficient (Wildman–Crippen LogP) is 3.60. The number of benzene rings is 2. The molecule has 2 aromatic rings. The summed E-state index contributed by atoms with van der Waals surface area (Å²) in [5.41, 5.74) is 1.52. The van der Waals surface area contributed by atoms with Crippen molar-refractivity contribution < 1.29 is 9.53 Å². The number of carbonyl (C=O) groups excluding carboxylic acids is 1. The van der Waals surface area contributed by atoms with Crippen molar-refractivity contribution in [2.45, 2.75) is 6.92 Å². The lowest BCUT2D eigenvalue weighted by Crippen LogP contribution is -1.92. The molecule has 2 rings (SSSR count). The van der Waals surface area contributed by atoms with Gasteiger partial charge in [0.05, 0.1) is 5.56 Å². The Hall–Kier alpha value is -2.09. The van der Waals surface area contributed by atoms with E-state index in [0.717, 1.165) is 17.6 Å². The zero-order valence-electron chi connectivity index (χ0n) is 9.01. The van der Waals surface area contributed by atoms with Crippen molar-refractivity contribution in [1.82, 2.24) is 0 Å². The van der Waals surface area contributed by atoms with Gasteiger partial charge in [0.15, 0.2) is 6.29 Å². The van der Waals surface area contributed by atoms with Crippen LogP contribution in [0.1, 0.15) is 15.9 Å². The van der Waals surface area contributed by atoms with Crippen LogP contribution in [0.15, 0.2) is 48.5 Å². The lowest BCUT2D eigenvalue weighted by molar-refractivity contribution is 0.112. The number of rotatable bonds is 3. The van der Waals surface area contributed by atoms with Crippen LogP contribution in [0.3, 0.4) is 0 Å². The number of hydrogen-bond donors (Lipinski definition) is 0. The number of ether oxygens (including phenoxy) is 1. The second-order valence-electron chi connectivity index (χ2n) is 3.52. The third-order valence-corrected chi connectivity index (χ3v) is 2.37. The molecule has 0 heterocycles. The predicted molar refractivity (Wildman–Crippen MR) is 63.1 cm³/mol. The molecule has 2 nitrogen and oxygen atoms in total. The maximum absolute atomic E-state index is 11.0. The lowest BCUT2D eigenvalue weighted by Gasteiger charge is -2.09. The molecule has 80 valence electrons. The standard InChI is InChI=1S/C14H12O2/c1-11-6-5-9-14(13(11)10-15)16-12-7-3-2-4-8-12/h2-10H,1H3. The Morgan fingerprint density at radius 3 is 2.44 bits per heavy atom. The Bertz CT molecular complexity index is 489. The van der Waals surface area contributed by atoms with E-state index in [4.69, 9.17) is 4.74 Å². The highest BCUT2D eigenvalue weighted by Gasteiger charge is 2.06. The highest BCUT2D eigenvalue weighted by molar-refractivity contribution is 5.81. The van der Waals surface area contributed by atoms with Gasteiger partial charge in [0, 0.05) is 0 Å². The minimum absolute atomic E-state index is 0.598. The van der Waals surface area contributed by atoms with E-state index in [1.54, 1.807) is 6.07 Å². The summed E-state index contributed by atoms with van der Waals surface area (Å²) in [6, 6.07) is 15.0. The van der Waals surface area contributed by atoms with Gasteiger partial charge in [-0.2, -0.15) is 0 Å². The summed E-state index contributed by atoms with van der Waals surface area (Å²) in [5, 5.41) is 0. The highest BCUT2D eigenvalue weighted by atomic mass is 16.5. The van der Waals surface area contributed by atoms with Gasteiger partial charge in [-0.1, -0.05) is 30.3 Å². The second-order valence-corrected chi connectivity index (χ2v) is 3.52. The number of carbonyl (C=O) groups is 1. The van der Waals surface area contributed by atoms with Crippen LogP contribution >= 0.6 is 0 Å². The van der Waals surface area contributed by atoms with Gasteiger partial charge >= 0.3 is 0 Å². The fraction of sp³-hybridized carbons (Fsp3) is 0.0714. The van der Waals surface area contributed by atoms with Gasteiger partial charge in [0.1, 0.15) is 11.5 Å². The molecule has 0 aliphatic carbocycles. The van der Waals surface area contributed by atoms with Gasteiger partial charge in [-0.05, 0) is 30.7 Å². The van der Waals surface area contributed by atoms with Crippen molar-refractivity contribution in [3.63, 3.8) is 0 Å². The third kappa shape index (κ3) is 2.11. The van der Waals surface area contributed by atoms with Crippen molar-refractivity contribution in [2.75, 3.05) is 0 Å². The van der Waals surface area contributed by atoms with E-state index in [1.165, 1.54) is 0 Å². The smallest absolute Gasteiger partial charge is 0.154 e. The monoisotopic (exact) mass is 212 g/mol. The molecule has 0 unspecified atom stereocenters. The summed E-state index contributed by atoms with van der Waals surface area (Å²) in [5.74, 6) is 1.33. The van der Waals surface area contributed by atoms with Crippen LogP contribution in [0.2, 0.25) is 0 Å². The lowest BCUT2D eigenvalue weighted by atomic mass is 10.1. The van der Waals surface area contributed by atoms with Crippen molar-refractivity contribution >= 4 is 6.29 Å². The average Bonchev–Trinajstić information content (AvgIpc) is 2.31. The van der Waals surface area contributed by atoms with Gasteiger partial charge in [-0.25, -0.2) is 0 Å². The maximum Gasteiger partial charge on any atom is 0.154 e. The second kappa shape index (κ2) is 4.62. The molecule has 0 radical (unpaired) electrons. The molecule has 0 N–H and O–H groups in total. The molecule has 2 aromatic carbocycles. The van der Waals surface area contributed by atoms with Crippen LogP contribution in [0.25, 0.3) is 0 Å². The van der Waals surface area contributed by atoms with E-state index in [1.807, 2.05) is 49.4 Å². The first-order valence-corrected chi connectivity index (χ1v) is 5.09. The Morgan fingerprint density at radius 1 is 1.00 bits per heavy atom. The molecular weight excluding hydrogens is 200 g/mol. The average molecular weight is 212 g/mol. The molecule has 16 heavy (non-hydrogen) atoms. The summed E-state index contributed by atoms with van der Waals surface area (Å²) in [6.07, 6.45) is 0.827. The minimum Gasteiger partial charge on any atom is -0.457 e. The van der Waals surface area contributed by atoms with Crippen molar-refractivity contribution in [1.29, 1.82) is 0 Å². The molecule has 0 aliphatic rings. The number of aryl methyl sites for hydroxylation is 1. The maximum atomic E-state index is 11.0. The van der Waals surface area contributed by atoms with E-state index in [-0.39, 0.29) is 0 Å². The SMILES string of the molecule is Cc1cccc(Oc2ccccc2)c1C=O. The number of aldehydes is 1. The van der Waals surface area contributed by atoms with E-state index < -0.39 is 0 Å². The van der Waals surface area contributed by atoms with Crippen LogP contribution in [0.4, 0.5) is 0 Å². The fourth-order valence-electron chi connectivity index (χ4n) is 1.51. The Labute approximate surface area is 94.5 Å². The van der Waals surface area contributed by atoms with Crippen molar-refractivity contribution in [2.24, 2.45) is 0 Å². The van der Waals surface area contributed by atoms with E-state index in [9.17, 15) is 4.79 Å². The molecule has 0 fully saturated rings. The van der Waals surface area contributed by atoms with Crippen LogP contribution in [0.5, 0.6) is 11.5 Å². The molecule has 0 spiro atoms. The Morgan fingerprint density at radius 2 is 1.75 bits per heavy atom. The van der Waals surface area contributed by atoms with Crippen molar-refractivity contribution in [3.8, 4) is 11.5 Å². The van der Waals surface area contributed by atoms with Crippen molar-refractivity contribution in [3.05, 3.63) is 59.7 Å². The summed E-state index contributed by atoms with van der Waals surface area (Å²) in [7, 11) is 0. The number of hydrogen-bond acceptors (Lipinski definition) is 2. The highest BCUT2D eigenvalue weighted by Crippen LogP contribution is 2.25. The first kappa shape index (κ1) is 10.4. The normalized spacial score (nSPS) is 9.81. The van der Waals surface area contributed by atoms with Crippen LogP contribution in [-0.4, -0.2) is 6.29 Å². The molecule has 0 saturated carbocycles. The molecule has 0 amide bonds. The summed E-state index contributed by atoms with van der Waals surface area (Å²) in [4.78, 5) is 11.0. The molecular formula is C14H12O2. The molecule has 0 bridgehead atoms. The fourth-order valence-corrected chi connectivity index (χ4v) is 1.51. The first-order chi connectivity index (χ1) is 7.81. The molecule has 0 saturated heterocycles. The van der Waals surface area contributed by atoms with Gasteiger partial charge in [0.25, 0.3) is 0 Å². The quantitative estimate of drug-likeness (QED) is 0.726. The summed E-state index contributed by atoms with van der Waals surface area (Å²) < 4.78 is 5.65. The van der Waals surface area contributed by atoms with Gasteiger partial charge in [-0.15, -0.1) is 0 Å². The number of para-hydroxylation sites is 1. The Balaban J connectivity index is 2.35. The summed E-state index contributed by atoms with van der Waals surface area (Å²) in [6.45, 7) is 1.89. The van der Waals surface area contributed by atoms with Crippen LogP contribution in [0, 0.1) is 6.92 Å². The largest absolute Gasteiger partial charge is 0.457 e. The van der Waals surface area contributed by atoms with Crippen LogP contribution < -0.4 is 4.74 Å². The minimum atomic E-state index is 0.598.